The predicted octanol–water partition coefficient (Wildman–Crippen LogP) is 8.99. The largest absolute Gasteiger partial charge is 1.20 e. The van der Waals surface area contributed by atoms with Gasteiger partial charge in [0.15, 0.2) is 0 Å². The molecule has 0 unspecified atom stereocenters. The molecule has 216 valence electrons. The Morgan fingerprint density at radius 3 is 1.04 bits per heavy atom. The Balaban J connectivity index is 1.34. The van der Waals surface area contributed by atoms with Gasteiger partial charge in [-0.2, -0.15) is 0 Å². The van der Waals surface area contributed by atoms with Gasteiger partial charge >= 0.3 is 15.1 Å². The fourth-order valence-corrected chi connectivity index (χ4v) is 7.30. The molecule has 3 aromatic heterocycles. The monoisotopic (exact) mass is 609 g/mol. The van der Waals surface area contributed by atoms with Crippen molar-refractivity contribution in [2.75, 3.05) is 0 Å². The van der Waals surface area contributed by atoms with Gasteiger partial charge in [-0.15, -0.1) is 0 Å². The van der Waals surface area contributed by atoms with E-state index in [0.29, 0.717) is 17.2 Å². The quantitative estimate of drug-likeness (QED) is 0.160. The third-order valence-electron chi connectivity index (χ3n) is 8.16. The Hall–Kier alpha value is -5.74. The van der Waals surface area contributed by atoms with Gasteiger partial charge in [0.2, 0.25) is 0 Å². The van der Waals surface area contributed by atoms with E-state index in [1.165, 1.54) is 0 Å². The smallest absolute Gasteiger partial charge is 0.576 e. The van der Waals surface area contributed by atoms with Gasteiger partial charge in [-0.3, -0.25) is 15.0 Å². The molecule has 0 saturated carbocycles. The molecule has 0 fully saturated rings. The van der Waals surface area contributed by atoms with Gasteiger partial charge in [-0.1, -0.05) is 72.9 Å². The maximum atomic E-state index is 6.64. The summed E-state index contributed by atoms with van der Waals surface area (Å²) in [7, 11) is 0. The van der Waals surface area contributed by atoms with Crippen LogP contribution in [0.2, 0.25) is 0 Å². The number of pyridine rings is 3. The highest BCUT2D eigenvalue weighted by atomic mass is 27.3. The Kier molecular flexibility index (Phi) is 6.38. The Labute approximate surface area is 270 Å². The zero-order valence-electron chi connectivity index (χ0n) is 24.5. The van der Waals surface area contributed by atoms with Crippen LogP contribution >= 0.6 is 0 Å². The molecule has 0 N–H and O–H groups in total. The van der Waals surface area contributed by atoms with Gasteiger partial charge in [-0.25, -0.2) is 0 Å². The number of aromatic nitrogens is 3. The van der Waals surface area contributed by atoms with E-state index in [0.717, 1.165) is 66.1 Å². The molecular weight excluding hydrogens is 585 g/mol. The van der Waals surface area contributed by atoms with Gasteiger partial charge < -0.3 is 11.4 Å². The Morgan fingerprint density at radius 2 is 0.696 bits per heavy atom. The highest BCUT2D eigenvalue weighted by Gasteiger charge is 2.46. The lowest BCUT2D eigenvalue weighted by molar-refractivity contribution is 0.311. The molecule has 46 heavy (non-hydrogen) atoms. The molecule has 7 aromatic rings. The average Bonchev–Trinajstić information content (AvgIpc) is 3.08. The van der Waals surface area contributed by atoms with Crippen molar-refractivity contribution in [3.8, 4) is 17.2 Å². The maximum Gasteiger partial charge on any atom is 1.20 e. The average molecular weight is 610 g/mol. The zero-order chi connectivity index (χ0) is 30.5. The van der Waals surface area contributed by atoms with Gasteiger partial charge in [0.1, 0.15) is 33.8 Å². The number of nitrogens with zero attached hydrogens (tertiary/aromatic N) is 3. The molecule has 15 heterocycles. The van der Waals surface area contributed by atoms with E-state index in [1.807, 2.05) is 73.2 Å². The van der Waals surface area contributed by atoms with Crippen LogP contribution in [0.3, 0.4) is 0 Å². The Morgan fingerprint density at radius 1 is 0.370 bits per heavy atom. The van der Waals surface area contributed by atoms with Crippen molar-refractivity contribution < 1.29 is 11.4 Å². The number of benzene rings is 4. The number of rotatable bonds is 0. The highest BCUT2D eigenvalue weighted by molar-refractivity contribution is 6.40. The van der Waals surface area contributed by atoms with Gasteiger partial charge in [0, 0.05) is 34.7 Å². The summed E-state index contributed by atoms with van der Waals surface area (Å²) < 4.78 is 19.9. The minimum Gasteiger partial charge on any atom is -0.576 e. The van der Waals surface area contributed by atoms with Crippen LogP contribution in [0.1, 0.15) is 33.4 Å². The summed E-state index contributed by atoms with van der Waals surface area (Å²) >= 11 is -3.00. The molecule has 19 rings (SSSR count). The standard InChI is InChI=1S/C39H27N3O3.Al/c43-34-7-1-4-31-19-28(22-40-37(31)34)13-10-25-16-26(11-14-29-20-32-5-2-8-35(44)38(32)41-23-29)18-27(17-25)12-15-30-21-33-6-3-9-36(45)39(33)42-24-30;/h1-24,43-45H;/q;+3/p-3/b13-10-,14-11-,15-12-;. The fourth-order valence-electron chi connectivity index (χ4n) is 5.96. The minimum atomic E-state index is -3.00. The van der Waals surface area contributed by atoms with E-state index < -0.39 is 15.1 Å². The summed E-state index contributed by atoms with van der Waals surface area (Å²) in [6, 6.07) is 30.6. The van der Waals surface area contributed by atoms with Gasteiger partial charge in [-0.05, 0) is 88.0 Å². The van der Waals surface area contributed by atoms with Crippen molar-refractivity contribution in [1.29, 1.82) is 0 Å². The summed E-state index contributed by atoms with van der Waals surface area (Å²) in [4.78, 5) is 14.5. The normalized spacial score (nSPS) is 15.5. The summed E-state index contributed by atoms with van der Waals surface area (Å²) in [5, 5.41) is 2.86. The summed E-state index contributed by atoms with van der Waals surface area (Å²) in [5.74, 6) is 1.77. The second-order valence-electron chi connectivity index (χ2n) is 11.4. The van der Waals surface area contributed by atoms with Crippen molar-refractivity contribution in [3.05, 3.63) is 143 Å². The summed E-state index contributed by atoms with van der Waals surface area (Å²) in [6.07, 6.45) is 18.2. The van der Waals surface area contributed by atoms with E-state index >= 15 is 0 Å². The molecular formula is C39H24AlN3O3. The molecule has 0 atom stereocenters. The predicted molar refractivity (Wildman–Crippen MR) is 186 cm³/mol. The first-order valence-electron chi connectivity index (χ1n) is 15.1. The van der Waals surface area contributed by atoms with Crippen molar-refractivity contribution >= 4 is 84.3 Å². The maximum absolute atomic E-state index is 6.64. The third-order valence-corrected chi connectivity index (χ3v) is 9.50. The van der Waals surface area contributed by atoms with Crippen molar-refractivity contribution in [2.24, 2.45) is 0 Å². The lowest BCUT2D eigenvalue weighted by Gasteiger charge is -2.19. The van der Waals surface area contributed by atoms with Gasteiger partial charge in [0.05, 0.1) is 0 Å². The van der Waals surface area contributed by atoms with Crippen molar-refractivity contribution in [2.45, 2.75) is 0 Å². The molecule has 0 aliphatic carbocycles. The first-order valence-corrected chi connectivity index (χ1v) is 16.5. The number of hydrogen-bond donors (Lipinski definition) is 0. The van der Waals surface area contributed by atoms with Crippen molar-refractivity contribution in [1.82, 2.24) is 15.0 Å². The number of hydrogen-bond acceptors (Lipinski definition) is 6. The van der Waals surface area contributed by atoms with Crippen molar-refractivity contribution in [3.63, 3.8) is 0 Å². The Bertz CT molecular complexity index is 2150. The van der Waals surface area contributed by atoms with E-state index in [9.17, 15) is 0 Å². The van der Waals surface area contributed by atoms with E-state index in [-0.39, 0.29) is 0 Å². The van der Waals surface area contributed by atoms with Crippen LogP contribution < -0.4 is 11.4 Å². The minimum absolute atomic E-state index is 0.590. The molecule has 12 aliphatic rings. The summed E-state index contributed by atoms with van der Waals surface area (Å²) in [6.45, 7) is 0. The lowest BCUT2D eigenvalue weighted by atomic mass is 10.0. The third kappa shape index (κ3) is 5.08. The first kappa shape index (κ1) is 26.6. The molecule has 0 amide bonds. The van der Waals surface area contributed by atoms with Crippen LogP contribution in [0.4, 0.5) is 0 Å². The van der Waals surface area contributed by atoms with Crippen LogP contribution in [0, 0.1) is 0 Å². The molecule has 6 nitrogen and oxygen atoms in total. The van der Waals surface area contributed by atoms with Crippen LogP contribution in [0.25, 0.3) is 69.2 Å². The molecule has 0 spiro atoms. The van der Waals surface area contributed by atoms with Gasteiger partial charge in [0.25, 0.3) is 0 Å². The fraction of sp³-hybridized carbons (Fsp3) is 0. The van der Waals surface area contributed by atoms with Crippen LogP contribution in [0.15, 0.2) is 110 Å². The van der Waals surface area contributed by atoms with Crippen LogP contribution in [0.5, 0.6) is 17.2 Å². The summed E-state index contributed by atoms with van der Waals surface area (Å²) in [5.41, 5.74) is 8.39. The molecule has 12 aliphatic heterocycles. The van der Waals surface area contributed by atoms with E-state index in [2.05, 4.69) is 72.9 Å². The van der Waals surface area contributed by atoms with E-state index in [4.69, 9.17) is 26.3 Å². The second kappa shape index (κ2) is 11.0. The van der Waals surface area contributed by atoms with E-state index in [1.54, 1.807) is 0 Å². The van der Waals surface area contributed by atoms with Crippen LogP contribution in [-0.2, 0) is 0 Å². The lowest BCUT2D eigenvalue weighted by Crippen LogP contribution is -2.37. The molecule has 0 radical (unpaired) electrons. The molecule has 4 aromatic carbocycles. The molecule has 0 saturated heterocycles. The molecule has 7 heteroatoms. The molecule has 16 bridgehead atoms. The second-order valence-corrected chi connectivity index (χ2v) is 12.6. The first-order chi connectivity index (χ1) is 22.7. The zero-order valence-corrected chi connectivity index (χ0v) is 25.7. The SMILES string of the molecule is C1=C\c2cnc3c(cccc3c2)[O][Al]2[O]c3cccc4cc(cnc34)/C=C\c3cc/1cc(c3)/C=C\c1cnc3c(cccc3c1)[O]2. The highest BCUT2D eigenvalue weighted by Crippen LogP contribution is 2.32. The number of para-hydroxylation sites is 3. The topological polar surface area (TPSA) is 66.4 Å². The van der Waals surface area contributed by atoms with Crippen LogP contribution in [-0.4, -0.2) is 30.1 Å².